The third kappa shape index (κ3) is 3.32. The molecular weight excluding hydrogens is 282 g/mol. The van der Waals surface area contributed by atoms with E-state index in [-0.39, 0.29) is 18.2 Å². The first-order valence-corrected chi connectivity index (χ1v) is 7.91. The van der Waals surface area contributed by atoms with E-state index in [0.717, 1.165) is 31.4 Å². The summed E-state index contributed by atoms with van der Waals surface area (Å²) >= 11 is 0. The fraction of sp³-hybridized carbons (Fsp3) is 0.588. The van der Waals surface area contributed by atoms with Crippen LogP contribution in [0.25, 0.3) is 0 Å². The lowest BCUT2D eigenvalue weighted by molar-refractivity contribution is -0.100. The first kappa shape index (κ1) is 15.5. The summed E-state index contributed by atoms with van der Waals surface area (Å²) in [6, 6.07) is 7.66. The molecule has 0 bridgehead atoms. The molecule has 0 N–H and O–H groups in total. The average molecular weight is 305 g/mol. The van der Waals surface area contributed by atoms with Crippen LogP contribution in [0.5, 0.6) is 0 Å². The van der Waals surface area contributed by atoms with Crippen LogP contribution in [-0.4, -0.2) is 50.0 Å². The van der Waals surface area contributed by atoms with Crippen LogP contribution in [0.3, 0.4) is 0 Å². The van der Waals surface area contributed by atoms with Gasteiger partial charge in [0.05, 0.1) is 25.9 Å². The van der Waals surface area contributed by atoms with Crippen LogP contribution in [0.1, 0.15) is 35.2 Å². The van der Waals surface area contributed by atoms with Crippen molar-refractivity contribution < 1.29 is 19.0 Å². The van der Waals surface area contributed by atoms with E-state index in [9.17, 15) is 4.79 Å². The summed E-state index contributed by atoms with van der Waals surface area (Å²) in [5, 5.41) is 0. The van der Waals surface area contributed by atoms with Gasteiger partial charge in [0, 0.05) is 19.2 Å². The molecule has 1 amide bonds. The molecule has 2 fully saturated rings. The van der Waals surface area contributed by atoms with Crippen LogP contribution < -0.4 is 0 Å². The Morgan fingerprint density at radius 3 is 2.64 bits per heavy atom. The van der Waals surface area contributed by atoms with Gasteiger partial charge in [-0.25, -0.2) is 0 Å². The topological polar surface area (TPSA) is 48.0 Å². The van der Waals surface area contributed by atoms with E-state index in [1.54, 1.807) is 7.11 Å². The van der Waals surface area contributed by atoms with Crippen molar-refractivity contribution in [3.63, 3.8) is 0 Å². The summed E-state index contributed by atoms with van der Waals surface area (Å²) < 4.78 is 16.4. The Morgan fingerprint density at radius 2 is 1.95 bits per heavy atom. The Labute approximate surface area is 131 Å². The van der Waals surface area contributed by atoms with E-state index < -0.39 is 0 Å². The van der Waals surface area contributed by atoms with E-state index in [4.69, 9.17) is 14.2 Å². The van der Waals surface area contributed by atoms with Gasteiger partial charge in [0.2, 0.25) is 0 Å². The van der Waals surface area contributed by atoms with E-state index in [0.29, 0.717) is 25.4 Å². The van der Waals surface area contributed by atoms with Crippen molar-refractivity contribution in [3.05, 3.63) is 35.4 Å². The Morgan fingerprint density at radius 1 is 1.23 bits per heavy atom. The van der Waals surface area contributed by atoms with Crippen molar-refractivity contribution in [1.82, 2.24) is 4.90 Å². The van der Waals surface area contributed by atoms with Crippen LogP contribution in [0.4, 0.5) is 0 Å². The minimum Gasteiger partial charge on any atom is -0.380 e. The molecule has 1 atom stereocenters. The fourth-order valence-electron chi connectivity index (χ4n) is 3.17. The number of benzene rings is 1. The molecule has 1 aromatic carbocycles. The van der Waals surface area contributed by atoms with Gasteiger partial charge < -0.3 is 19.1 Å². The minimum atomic E-state index is -0.267. The van der Waals surface area contributed by atoms with Gasteiger partial charge in [0.1, 0.15) is 0 Å². The van der Waals surface area contributed by atoms with Crippen molar-refractivity contribution in [2.75, 3.05) is 26.9 Å². The molecule has 1 aromatic rings. The normalized spacial score (nSPS) is 23.0. The number of hydrogen-bond donors (Lipinski definition) is 0. The van der Waals surface area contributed by atoms with Gasteiger partial charge in [-0.2, -0.15) is 0 Å². The Hall–Kier alpha value is -1.43. The molecule has 2 saturated heterocycles. The van der Waals surface area contributed by atoms with Crippen molar-refractivity contribution in [2.24, 2.45) is 0 Å². The molecule has 0 spiro atoms. The molecule has 2 aliphatic rings. The molecule has 5 heteroatoms. The lowest BCUT2D eigenvalue weighted by Gasteiger charge is -2.38. The van der Waals surface area contributed by atoms with Crippen LogP contribution in [0.15, 0.2) is 24.3 Å². The van der Waals surface area contributed by atoms with Gasteiger partial charge in [0.25, 0.3) is 5.91 Å². The minimum absolute atomic E-state index is 0.0300. The van der Waals surface area contributed by atoms with Crippen LogP contribution in [0.2, 0.25) is 0 Å². The zero-order valence-corrected chi connectivity index (χ0v) is 13.0. The molecular formula is C17H23NO4. The standard InChI is InChI=1S/C17H23NO4/c1-20-12-13-5-7-14(8-6-13)16(19)18-9-3-2-4-15(18)17-21-10-11-22-17/h5-8,15,17H,2-4,9-12H2,1H3. The highest BCUT2D eigenvalue weighted by atomic mass is 16.7. The number of ether oxygens (including phenoxy) is 3. The van der Waals surface area contributed by atoms with E-state index in [1.807, 2.05) is 29.2 Å². The predicted octanol–water partition coefficient (Wildman–Crippen LogP) is 2.20. The lowest BCUT2D eigenvalue weighted by Crippen LogP contribution is -2.50. The highest BCUT2D eigenvalue weighted by Gasteiger charge is 2.36. The zero-order valence-electron chi connectivity index (χ0n) is 13.0. The van der Waals surface area contributed by atoms with Crippen molar-refractivity contribution >= 4 is 5.91 Å². The second-order valence-electron chi connectivity index (χ2n) is 5.80. The smallest absolute Gasteiger partial charge is 0.254 e. The molecule has 0 aliphatic carbocycles. The summed E-state index contributed by atoms with van der Waals surface area (Å²) in [4.78, 5) is 14.7. The first-order valence-electron chi connectivity index (χ1n) is 7.91. The molecule has 120 valence electrons. The Kier molecular flexibility index (Phi) is 5.08. The molecule has 2 aliphatic heterocycles. The Bertz CT molecular complexity index is 496. The molecule has 0 saturated carbocycles. The number of amides is 1. The highest BCUT2D eigenvalue weighted by Crippen LogP contribution is 2.26. The number of methoxy groups -OCH3 is 1. The third-order valence-electron chi connectivity index (χ3n) is 4.28. The molecule has 22 heavy (non-hydrogen) atoms. The summed E-state index contributed by atoms with van der Waals surface area (Å²) in [5.74, 6) is 0.0627. The van der Waals surface area contributed by atoms with Gasteiger partial charge in [-0.1, -0.05) is 12.1 Å². The number of piperidine rings is 1. The number of carbonyl (C=O) groups is 1. The van der Waals surface area contributed by atoms with E-state index >= 15 is 0 Å². The Balaban J connectivity index is 1.73. The SMILES string of the molecule is COCc1ccc(C(=O)N2CCCCC2C2OCCO2)cc1. The van der Waals surface area contributed by atoms with Gasteiger partial charge >= 0.3 is 0 Å². The summed E-state index contributed by atoms with van der Waals surface area (Å²) in [6.45, 7) is 2.57. The summed E-state index contributed by atoms with van der Waals surface area (Å²) in [6.07, 6.45) is 2.83. The molecule has 0 radical (unpaired) electrons. The summed E-state index contributed by atoms with van der Waals surface area (Å²) in [7, 11) is 1.67. The number of likely N-dealkylation sites (tertiary alicyclic amines) is 1. The largest absolute Gasteiger partial charge is 0.380 e. The molecule has 0 aromatic heterocycles. The van der Waals surface area contributed by atoms with Crippen molar-refractivity contribution in [3.8, 4) is 0 Å². The second kappa shape index (κ2) is 7.22. The van der Waals surface area contributed by atoms with Gasteiger partial charge in [-0.15, -0.1) is 0 Å². The third-order valence-corrected chi connectivity index (χ3v) is 4.28. The molecule has 5 nitrogen and oxygen atoms in total. The second-order valence-corrected chi connectivity index (χ2v) is 5.80. The van der Waals surface area contributed by atoms with Crippen molar-refractivity contribution in [2.45, 2.75) is 38.2 Å². The van der Waals surface area contributed by atoms with Gasteiger partial charge in [-0.3, -0.25) is 4.79 Å². The van der Waals surface area contributed by atoms with Crippen LogP contribution in [-0.2, 0) is 20.8 Å². The number of hydrogen-bond acceptors (Lipinski definition) is 4. The lowest BCUT2D eigenvalue weighted by atomic mass is 10.00. The molecule has 1 unspecified atom stereocenters. The van der Waals surface area contributed by atoms with E-state index in [1.165, 1.54) is 0 Å². The quantitative estimate of drug-likeness (QED) is 0.855. The maximum atomic E-state index is 12.8. The first-order chi connectivity index (χ1) is 10.8. The van der Waals surface area contributed by atoms with Crippen LogP contribution in [0, 0.1) is 0 Å². The van der Waals surface area contributed by atoms with Crippen molar-refractivity contribution in [1.29, 1.82) is 0 Å². The average Bonchev–Trinajstić information content (AvgIpc) is 3.10. The van der Waals surface area contributed by atoms with Crippen LogP contribution >= 0.6 is 0 Å². The molecule has 2 heterocycles. The molecule has 3 rings (SSSR count). The maximum absolute atomic E-state index is 12.8. The van der Waals surface area contributed by atoms with Gasteiger partial charge in [0.15, 0.2) is 6.29 Å². The zero-order chi connectivity index (χ0) is 15.4. The monoisotopic (exact) mass is 305 g/mol. The van der Waals surface area contributed by atoms with E-state index in [2.05, 4.69) is 0 Å². The maximum Gasteiger partial charge on any atom is 0.254 e. The fourth-order valence-corrected chi connectivity index (χ4v) is 3.17. The highest BCUT2D eigenvalue weighted by molar-refractivity contribution is 5.94. The number of nitrogens with zero attached hydrogens (tertiary/aromatic N) is 1. The van der Waals surface area contributed by atoms with Gasteiger partial charge in [-0.05, 0) is 37.0 Å². The number of rotatable bonds is 4. The predicted molar refractivity (Wildman–Crippen MR) is 81.5 cm³/mol. The summed E-state index contributed by atoms with van der Waals surface area (Å²) in [5.41, 5.74) is 1.78. The number of carbonyl (C=O) groups excluding carboxylic acids is 1.